The maximum absolute atomic E-state index is 11.9. The predicted octanol–water partition coefficient (Wildman–Crippen LogP) is 0.732. The first kappa shape index (κ1) is 14.6. The first-order chi connectivity index (χ1) is 8.94. The van der Waals surface area contributed by atoms with Gasteiger partial charge in [0.1, 0.15) is 5.78 Å². The highest BCUT2D eigenvalue weighted by Crippen LogP contribution is 2.10. The molecule has 1 aromatic heterocycles. The van der Waals surface area contributed by atoms with Gasteiger partial charge in [-0.3, -0.25) is 9.78 Å². The number of hydrogen-bond acceptors (Lipinski definition) is 5. The number of hydrogen-bond donors (Lipinski definition) is 1. The molecule has 1 unspecified atom stereocenters. The highest BCUT2D eigenvalue weighted by atomic mass is 79.9. The summed E-state index contributed by atoms with van der Waals surface area (Å²) in [5.41, 5.74) is 0.701. The predicted molar refractivity (Wildman–Crippen MR) is 75.7 cm³/mol. The number of ketones is 1. The van der Waals surface area contributed by atoms with E-state index >= 15 is 0 Å². The second-order valence-electron chi connectivity index (χ2n) is 4.65. The lowest BCUT2D eigenvalue weighted by atomic mass is 10.1. The van der Waals surface area contributed by atoms with Crippen molar-refractivity contribution in [1.82, 2.24) is 10.3 Å². The summed E-state index contributed by atoms with van der Waals surface area (Å²) in [6, 6.07) is 3.35. The lowest BCUT2D eigenvalue weighted by Crippen LogP contribution is -2.46. The molecule has 2 rings (SSSR count). The second kappa shape index (κ2) is 6.11. The average Bonchev–Trinajstić information content (AvgIpc) is 2.30. The number of carbonyl (C=O) groups is 1. The Bertz CT molecular complexity index is 557. The van der Waals surface area contributed by atoms with Crippen molar-refractivity contribution < 1.29 is 13.2 Å². The van der Waals surface area contributed by atoms with Crippen molar-refractivity contribution in [3.8, 4) is 0 Å². The molecule has 0 spiro atoms. The average molecular weight is 347 g/mol. The van der Waals surface area contributed by atoms with Gasteiger partial charge in [0.25, 0.3) is 0 Å². The van der Waals surface area contributed by atoms with Gasteiger partial charge in [-0.25, -0.2) is 8.42 Å². The molecule has 1 N–H and O–H groups in total. The van der Waals surface area contributed by atoms with Crippen molar-refractivity contribution in [2.24, 2.45) is 0 Å². The van der Waals surface area contributed by atoms with Crippen molar-refractivity contribution in [2.75, 3.05) is 18.1 Å². The van der Waals surface area contributed by atoms with Gasteiger partial charge in [-0.2, -0.15) is 0 Å². The number of sulfone groups is 1. The van der Waals surface area contributed by atoms with Crippen LogP contribution < -0.4 is 5.32 Å². The Kier molecular flexibility index (Phi) is 4.70. The molecule has 7 heteroatoms. The standard InChI is InChI=1S/C12H15BrN2O3S/c13-9-1-2-10(15-7-9)5-12(16)6-11-8-19(17,18)4-3-14-11/h1-2,7,11,14H,3-6,8H2. The molecule has 0 amide bonds. The van der Waals surface area contributed by atoms with Crippen molar-refractivity contribution >= 4 is 31.6 Å². The van der Waals surface area contributed by atoms with E-state index in [1.54, 1.807) is 12.3 Å². The minimum Gasteiger partial charge on any atom is -0.312 e. The molecule has 0 saturated carbocycles. The van der Waals surface area contributed by atoms with Crippen LogP contribution in [0.15, 0.2) is 22.8 Å². The molecule has 5 nitrogen and oxygen atoms in total. The Hall–Kier alpha value is -0.790. The van der Waals surface area contributed by atoms with Crippen LogP contribution in [0.1, 0.15) is 12.1 Å². The molecule has 0 bridgehead atoms. The largest absolute Gasteiger partial charge is 0.312 e. The molecule has 0 radical (unpaired) electrons. The van der Waals surface area contributed by atoms with E-state index in [4.69, 9.17) is 0 Å². The van der Waals surface area contributed by atoms with E-state index in [0.717, 1.165) is 4.47 Å². The van der Waals surface area contributed by atoms with Gasteiger partial charge in [-0.05, 0) is 28.1 Å². The summed E-state index contributed by atoms with van der Waals surface area (Å²) in [7, 11) is -2.99. The summed E-state index contributed by atoms with van der Waals surface area (Å²) in [4.78, 5) is 16.0. The number of halogens is 1. The number of nitrogens with one attached hydrogen (secondary N) is 1. The molecule has 2 heterocycles. The van der Waals surface area contributed by atoms with E-state index in [9.17, 15) is 13.2 Å². The highest BCUT2D eigenvalue weighted by molar-refractivity contribution is 9.10. The Labute approximate surface area is 120 Å². The summed E-state index contributed by atoms with van der Waals surface area (Å²) in [6.45, 7) is 0.427. The molecular formula is C12H15BrN2O3S. The van der Waals surface area contributed by atoms with Crippen LogP contribution in [0.5, 0.6) is 0 Å². The SMILES string of the molecule is O=C(Cc1ccc(Br)cn1)CC1CS(=O)(=O)CCN1. The number of rotatable bonds is 4. The van der Waals surface area contributed by atoms with Crippen LogP contribution >= 0.6 is 15.9 Å². The number of aromatic nitrogens is 1. The first-order valence-corrected chi connectivity index (χ1v) is 8.62. The fourth-order valence-corrected chi connectivity index (χ4v) is 3.74. The quantitative estimate of drug-likeness (QED) is 0.869. The van der Waals surface area contributed by atoms with Crippen LogP contribution in [-0.4, -0.2) is 43.3 Å². The Balaban J connectivity index is 1.89. The van der Waals surface area contributed by atoms with Gasteiger partial charge in [-0.15, -0.1) is 0 Å². The van der Waals surface area contributed by atoms with Gasteiger partial charge in [0.15, 0.2) is 9.84 Å². The molecule has 1 aliphatic heterocycles. The molecule has 1 saturated heterocycles. The summed E-state index contributed by atoms with van der Waals surface area (Å²) in [5, 5.41) is 3.07. The molecule has 1 fully saturated rings. The van der Waals surface area contributed by atoms with Gasteiger partial charge in [0, 0.05) is 41.8 Å². The van der Waals surface area contributed by atoms with Crippen molar-refractivity contribution in [3.05, 3.63) is 28.5 Å². The van der Waals surface area contributed by atoms with Crippen molar-refractivity contribution in [1.29, 1.82) is 0 Å². The van der Waals surface area contributed by atoms with Gasteiger partial charge in [0.05, 0.1) is 11.5 Å². The second-order valence-corrected chi connectivity index (χ2v) is 7.80. The highest BCUT2D eigenvalue weighted by Gasteiger charge is 2.25. The zero-order valence-electron chi connectivity index (χ0n) is 10.3. The lowest BCUT2D eigenvalue weighted by Gasteiger charge is -2.22. The van der Waals surface area contributed by atoms with Gasteiger partial charge < -0.3 is 5.32 Å². The first-order valence-electron chi connectivity index (χ1n) is 6.00. The smallest absolute Gasteiger partial charge is 0.153 e. The minimum absolute atomic E-state index is 0.00409. The van der Waals surface area contributed by atoms with E-state index in [1.807, 2.05) is 6.07 Å². The van der Waals surface area contributed by atoms with Crippen LogP contribution in [0.4, 0.5) is 0 Å². The number of pyridine rings is 1. The zero-order valence-corrected chi connectivity index (χ0v) is 12.7. The fourth-order valence-electron chi connectivity index (χ4n) is 2.06. The third kappa shape index (κ3) is 4.67. The third-order valence-corrected chi connectivity index (χ3v) is 5.15. The van der Waals surface area contributed by atoms with E-state index < -0.39 is 9.84 Å². The van der Waals surface area contributed by atoms with Crippen LogP contribution in [0.2, 0.25) is 0 Å². The molecule has 19 heavy (non-hydrogen) atoms. The summed E-state index contributed by atoms with van der Waals surface area (Å²) >= 11 is 3.28. The van der Waals surface area contributed by atoms with E-state index in [1.165, 1.54) is 0 Å². The Morgan fingerprint density at radius 2 is 2.26 bits per heavy atom. The van der Waals surface area contributed by atoms with E-state index in [0.29, 0.717) is 12.2 Å². The summed E-state index contributed by atoms with van der Waals surface area (Å²) in [5.74, 6) is 0.211. The molecule has 104 valence electrons. The van der Waals surface area contributed by atoms with Crippen LogP contribution in [-0.2, 0) is 21.1 Å². The van der Waals surface area contributed by atoms with Crippen LogP contribution in [0.25, 0.3) is 0 Å². The van der Waals surface area contributed by atoms with Crippen molar-refractivity contribution in [2.45, 2.75) is 18.9 Å². The van der Waals surface area contributed by atoms with Crippen LogP contribution in [0, 0.1) is 0 Å². The maximum Gasteiger partial charge on any atom is 0.153 e. The molecule has 1 aliphatic rings. The lowest BCUT2D eigenvalue weighted by molar-refractivity contribution is -0.118. The third-order valence-electron chi connectivity index (χ3n) is 2.94. The molecule has 0 aliphatic carbocycles. The Morgan fingerprint density at radius 1 is 1.47 bits per heavy atom. The summed E-state index contributed by atoms with van der Waals surface area (Å²) < 4.78 is 23.8. The zero-order chi connectivity index (χ0) is 13.9. The molecule has 1 atom stereocenters. The maximum atomic E-state index is 11.9. The van der Waals surface area contributed by atoms with Gasteiger partial charge in [0.2, 0.25) is 0 Å². The van der Waals surface area contributed by atoms with E-state index in [-0.39, 0.29) is 36.2 Å². The topological polar surface area (TPSA) is 76.1 Å². The van der Waals surface area contributed by atoms with Gasteiger partial charge in [-0.1, -0.05) is 0 Å². The number of Topliss-reactive ketones (excluding diaryl/α,β-unsaturated/α-hetero) is 1. The van der Waals surface area contributed by atoms with Gasteiger partial charge >= 0.3 is 0 Å². The molecule has 1 aromatic rings. The molecule has 0 aromatic carbocycles. The van der Waals surface area contributed by atoms with E-state index in [2.05, 4.69) is 26.2 Å². The number of carbonyl (C=O) groups excluding carboxylic acids is 1. The van der Waals surface area contributed by atoms with Crippen LogP contribution in [0.3, 0.4) is 0 Å². The summed E-state index contributed by atoms with van der Waals surface area (Å²) in [6.07, 6.45) is 2.12. The van der Waals surface area contributed by atoms with Crippen molar-refractivity contribution in [3.63, 3.8) is 0 Å². The Morgan fingerprint density at radius 3 is 2.89 bits per heavy atom. The minimum atomic E-state index is -2.99. The molecular weight excluding hydrogens is 332 g/mol. The fraction of sp³-hybridized carbons (Fsp3) is 0.500. The monoisotopic (exact) mass is 346 g/mol. The number of nitrogens with zero attached hydrogens (tertiary/aromatic N) is 1. The normalized spacial score (nSPS) is 22.1.